The molecule has 1 rings (SSSR count). The standard InChI is InChI=1S/C11H18N2O4S/c1-8(7-12)18(14,15)13-10-6-9(16-2)4-5-11(10)17-3/h4-6,8,13H,7,12H2,1-3H3. The first-order chi connectivity index (χ1) is 8.44. The molecule has 1 aromatic carbocycles. The van der Waals surface area contributed by atoms with Crippen molar-refractivity contribution in [1.82, 2.24) is 0 Å². The van der Waals surface area contributed by atoms with E-state index in [2.05, 4.69) is 4.72 Å². The molecule has 3 N–H and O–H groups in total. The van der Waals surface area contributed by atoms with Crippen LogP contribution in [0.15, 0.2) is 18.2 Å². The Morgan fingerprint density at radius 1 is 1.33 bits per heavy atom. The summed E-state index contributed by atoms with van der Waals surface area (Å²) in [5.74, 6) is 0.956. The van der Waals surface area contributed by atoms with Crippen LogP contribution in [-0.2, 0) is 10.0 Å². The van der Waals surface area contributed by atoms with Crippen LogP contribution in [0.4, 0.5) is 5.69 Å². The van der Waals surface area contributed by atoms with E-state index >= 15 is 0 Å². The SMILES string of the molecule is COc1ccc(OC)c(NS(=O)(=O)C(C)CN)c1. The monoisotopic (exact) mass is 274 g/mol. The Labute approximate surface area is 107 Å². The maximum atomic E-state index is 11.9. The van der Waals surface area contributed by atoms with E-state index in [0.29, 0.717) is 17.2 Å². The Morgan fingerprint density at radius 3 is 2.50 bits per heavy atom. The fourth-order valence-electron chi connectivity index (χ4n) is 1.27. The minimum absolute atomic E-state index is 0.0433. The van der Waals surface area contributed by atoms with Crippen molar-refractivity contribution in [2.45, 2.75) is 12.2 Å². The lowest BCUT2D eigenvalue weighted by Gasteiger charge is -2.16. The zero-order valence-electron chi connectivity index (χ0n) is 10.6. The largest absolute Gasteiger partial charge is 0.497 e. The Hall–Kier alpha value is -1.47. The lowest BCUT2D eigenvalue weighted by atomic mass is 10.3. The molecule has 0 aliphatic heterocycles. The number of nitrogens with one attached hydrogen (secondary N) is 1. The topological polar surface area (TPSA) is 90.6 Å². The van der Waals surface area contributed by atoms with Crippen LogP contribution in [-0.4, -0.2) is 34.4 Å². The molecule has 0 bridgehead atoms. The van der Waals surface area contributed by atoms with Crippen molar-refractivity contribution in [2.75, 3.05) is 25.5 Å². The maximum absolute atomic E-state index is 11.9. The molecule has 0 saturated carbocycles. The molecule has 1 atom stereocenters. The summed E-state index contributed by atoms with van der Waals surface area (Å²) < 4.78 is 36.4. The summed E-state index contributed by atoms with van der Waals surface area (Å²) in [6.07, 6.45) is 0. The van der Waals surface area contributed by atoms with Gasteiger partial charge in [-0.3, -0.25) is 4.72 Å². The normalized spacial score (nSPS) is 12.9. The first kappa shape index (κ1) is 14.6. The maximum Gasteiger partial charge on any atom is 0.236 e. The lowest BCUT2D eigenvalue weighted by Crippen LogP contribution is -2.31. The number of benzene rings is 1. The van der Waals surface area contributed by atoms with Crippen molar-refractivity contribution in [3.63, 3.8) is 0 Å². The first-order valence-electron chi connectivity index (χ1n) is 5.38. The van der Waals surface area contributed by atoms with Crippen LogP contribution >= 0.6 is 0 Å². The third kappa shape index (κ3) is 3.27. The molecule has 1 aromatic rings. The van der Waals surface area contributed by atoms with Crippen LogP contribution in [0.1, 0.15) is 6.92 Å². The number of hydrogen-bond acceptors (Lipinski definition) is 5. The molecule has 0 saturated heterocycles. The number of nitrogens with two attached hydrogens (primary N) is 1. The van der Waals surface area contributed by atoms with E-state index in [9.17, 15) is 8.42 Å². The minimum atomic E-state index is -3.53. The molecule has 0 aliphatic carbocycles. The van der Waals surface area contributed by atoms with E-state index in [4.69, 9.17) is 15.2 Å². The van der Waals surface area contributed by atoms with E-state index in [1.54, 1.807) is 18.2 Å². The highest BCUT2D eigenvalue weighted by molar-refractivity contribution is 7.93. The Morgan fingerprint density at radius 2 is 2.00 bits per heavy atom. The summed E-state index contributed by atoms with van der Waals surface area (Å²) in [5.41, 5.74) is 5.69. The fraction of sp³-hybridized carbons (Fsp3) is 0.455. The van der Waals surface area contributed by atoms with Crippen molar-refractivity contribution in [1.29, 1.82) is 0 Å². The summed E-state index contributed by atoms with van der Waals surface area (Å²) in [4.78, 5) is 0. The van der Waals surface area contributed by atoms with Crippen LogP contribution < -0.4 is 19.9 Å². The van der Waals surface area contributed by atoms with Gasteiger partial charge in [-0.2, -0.15) is 0 Å². The van der Waals surface area contributed by atoms with Gasteiger partial charge in [0.2, 0.25) is 10.0 Å². The molecule has 18 heavy (non-hydrogen) atoms. The molecular weight excluding hydrogens is 256 g/mol. The number of rotatable bonds is 6. The van der Waals surface area contributed by atoms with Crippen LogP contribution in [0, 0.1) is 0 Å². The zero-order chi connectivity index (χ0) is 13.8. The van der Waals surface area contributed by atoms with Gasteiger partial charge in [0.25, 0.3) is 0 Å². The molecule has 0 radical (unpaired) electrons. The van der Waals surface area contributed by atoms with Gasteiger partial charge in [0, 0.05) is 12.6 Å². The highest BCUT2D eigenvalue weighted by atomic mass is 32.2. The van der Waals surface area contributed by atoms with Crippen LogP contribution in [0.3, 0.4) is 0 Å². The number of methoxy groups -OCH3 is 2. The van der Waals surface area contributed by atoms with Gasteiger partial charge in [0.1, 0.15) is 11.5 Å². The van der Waals surface area contributed by atoms with Crippen LogP contribution in [0.5, 0.6) is 11.5 Å². The van der Waals surface area contributed by atoms with E-state index in [-0.39, 0.29) is 6.54 Å². The number of anilines is 1. The van der Waals surface area contributed by atoms with Gasteiger partial charge in [-0.05, 0) is 19.1 Å². The summed E-state index contributed by atoms with van der Waals surface area (Å²) >= 11 is 0. The Bertz CT molecular complexity index is 502. The molecule has 0 amide bonds. The van der Waals surface area contributed by atoms with Gasteiger partial charge >= 0.3 is 0 Å². The zero-order valence-corrected chi connectivity index (χ0v) is 11.5. The average molecular weight is 274 g/mol. The third-order valence-corrected chi connectivity index (χ3v) is 4.28. The molecule has 0 aliphatic rings. The van der Waals surface area contributed by atoms with Gasteiger partial charge in [0.15, 0.2) is 0 Å². The van der Waals surface area contributed by atoms with Crippen molar-refractivity contribution < 1.29 is 17.9 Å². The third-order valence-electron chi connectivity index (χ3n) is 2.52. The number of ether oxygens (including phenoxy) is 2. The van der Waals surface area contributed by atoms with Crippen molar-refractivity contribution in [2.24, 2.45) is 5.73 Å². The average Bonchev–Trinajstić information content (AvgIpc) is 2.37. The molecule has 102 valence electrons. The Kier molecular flexibility index (Phi) is 4.80. The van der Waals surface area contributed by atoms with E-state index in [0.717, 1.165) is 0 Å². The second-order valence-corrected chi connectivity index (χ2v) is 5.86. The molecule has 1 unspecified atom stereocenters. The van der Waals surface area contributed by atoms with Crippen molar-refractivity contribution >= 4 is 15.7 Å². The summed E-state index contributed by atoms with van der Waals surface area (Å²) in [7, 11) is -0.565. The molecule has 0 fully saturated rings. The van der Waals surface area contributed by atoms with Crippen LogP contribution in [0.25, 0.3) is 0 Å². The van der Waals surface area contributed by atoms with Gasteiger partial charge in [-0.15, -0.1) is 0 Å². The number of sulfonamides is 1. The highest BCUT2D eigenvalue weighted by Crippen LogP contribution is 2.30. The molecule has 7 heteroatoms. The first-order valence-corrected chi connectivity index (χ1v) is 6.93. The molecule has 6 nitrogen and oxygen atoms in total. The summed E-state index contributed by atoms with van der Waals surface area (Å²) in [6, 6.07) is 4.87. The molecule has 0 heterocycles. The van der Waals surface area contributed by atoms with Gasteiger partial charge < -0.3 is 15.2 Å². The summed E-state index contributed by atoms with van der Waals surface area (Å²) in [5, 5.41) is -0.687. The van der Waals surface area contributed by atoms with Crippen LogP contribution in [0.2, 0.25) is 0 Å². The molecule has 0 aromatic heterocycles. The second-order valence-electron chi connectivity index (χ2n) is 3.76. The lowest BCUT2D eigenvalue weighted by molar-refractivity contribution is 0.405. The predicted octanol–water partition coefficient (Wildman–Crippen LogP) is 0.793. The van der Waals surface area contributed by atoms with Gasteiger partial charge in [-0.1, -0.05) is 0 Å². The quantitative estimate of drug-likeness (QED) is 0.800. The Balaban J connectivity index is 3.09. The fourth-order valence-corrected chi connectivity index (χ4v) is 2.19. The van der Waals surface area contributed by atoms with Gasteiger partial charge in [0.05, 0.1) is 25.2 Å². The smallest absolute Gasteiger partial charge is 0.236 e. The van der Waals surface area contributed by atoms with E-state index in [1.807, 2.05) is 0 Å². The van der Waals surface area contributed by atoms with E-state index < -0.39 is 15.3 Å². The molecule has 0 spiro atoms. The van der Waals surface area contributed by atoms with E-state index in [1.165, 1.54) is 21.1 Å². The predicted molar refractivity (Wildman–Crippen MR) is 70.6 cm³/mol. The number of hydrogen-bond donors (Lipinski definition) is 2. The van der Waals surface area contributed by atoms with Gasteiger partial charge in [-0.25, -0.2) is 8.42 Å². The molecular formula is C11H18N2O4S. The summed E-state index contributed by atoms with van der Waals surface area (Å²) in [6.45, 7) is 1.58. The second kappa shape index (κ2) is 5.92. The van der Waals surface area contributed by atoms with Crippen molar-refractivity contribution in [3.05, 3.63) is 18.2 Å². The highest BCUT2D eigenvalue weighted by Gasteiger charge is 2.20. The minimum Gasteiger partial charge on any atom is -0.497 e. The van der Waals surface area contributed by atoms with Crippen molar-refractivity contribution in [3.8, 4) is 11.5 Å².